The zero-order valence-corrected chi connectivity index (χ0v) is 13.4. The van der Waals surface area contributed by atoms with Gasteiger partial charge in [0.05, 0.1) is 16.3 Å². The third kappa shape index (κ3) is 2.04. The minimum Gasteiger partial charge on any atom is -0.420 e. The molecule has 5 nitrogen and oxygen atoms in total. The highest BCUT2D eigenvalue weighted by Gasteiger charge is 2.24. The summed E-state index contributed by atoms with van der Waals surface area (Å²) in [7, 11) is 3.48. The number of nitrogens with zero attached hydrogens (tertiary/aromatic N) is 4. The maximum atomic E-state index is 14.9. The molecule has 0 unspecified atom stereocenters. The smallest absolute Gasteiger partial charge is 0.297 e. The molecule has 3 aromatic rings. The molecule has 0 saturated carbocycles. The Balaban J connectivity index is 2.41. The molecule has 0 bridgehead atoms. The Bertz CT molecular complexity index is 920. The largest absolute Gasteiger partial charge is 0.420 e. The molecule has 22 heavy (non-hydrogen) atoms. The fourth-order valence-corrected chi connectivity index (χ4v) is 2.92. The second-order valence-electron chi connectivity index (χ2n) is 5.12. The monoisotopic (exact) mass is 316 g/mol. The first kappa shape index (κ1) is 14.5. The molecule has 0 spiro atoms. The van der Waals surface area contributed by atoms with Gasteiger partial charge in [-0.3, -0.25) is 0 Å². The number of nitriles is 1. The SMILES string of the molecule is Cc1nc(-c2c(C)c(C#N)c3nc(N(C)C)oc3c2F)cs1. The lowest BCUT2D eigenvalue weighted by atomic mass is 9.99. The second kappa shape index (κ2) is 5.07. The van der Waals surface area contributed by atoms with Gasteiger partial charge >= 0.3 is 0 Å². The first-order valence-corrected chi connectivity index (χ1v) is 7.44. The molecule has 1 aromatic carbocycles. The van der Waals surface area contributed by atoms with Crippen LogP contribution < -0.4 is 4.90 Å². The number of hydrogen-bond donors (Lipinski definition) is 0. The van der Waals surface area contributed by atoms with E-state index in [0.717, 1.165) is 5.01 Å². The summed E-state index contributed by atoms with van der Waals surface area (Å²) in [5, 5.41) is 12.1. The van der Waals surface area contributed by atoms with Crippen LogP contribution in [0, 0.1) is 31.0 Å². The summed E-state index contributed by atoms with van der Waals surface area (Å²) in [6.07, 6.45) is 0. The number of benzene rings is 1. The van der Waals surface area contributed by atoms with Crippen molar-refractivity contribution in [3.63, 3.8) is 0 Å². The number of oxazole rings is 1. The van der Waals surface area contributed by atoms with Crippen molar-refractivity contribution < 1.29 is 8.81 Å². The predicted octanol–water partition coefficient (Wildman–Crippen LogP) is 3.64. The van der Waals surface area contributed by atoms with Gasteiger partial charge in [0.1, 0.15) is 11.6 Å². The van der Waals surface area contributed by atoms with Gasteiger partial charge in [-0.25, -0.2) is 9.37 Å². The van der Waals surface area contributed by atoms with Crippen LogP contribution in [0.3, 0.4) is 0 Å². The van der Waals surface area contributed by atoms with Crippen molar-refractivity contribution in [2.75, 3.05) is 19.0 Å². The molecule has 0 fully saturated rings. The number of rotatable bonds is 2. The Morgan fingerprint density at radius 1 is 1.32 bits per heavy atom. The Morgan fingerprint density at radius 3 is 2.59 bits per heavy atom. The van der Waals surface area contributed by atoms with Gasteiger partial charge in [-0.15, -0.1) is 11.3 Å². The quantitative estimate of drug-likeness (QED) is 0.722. The summed E-state index contributed by atoms with van der Waals surface area (Å²) in [6, 6.07) is 2.36. The number of halogens is 1. The summed E-state index contributed by atoms with van der Waals surface area (Å²) in [4.78, 5) is 10.2. The van der Waals surface area contributed by atoms with Crippen molar-refractivity contribution in [1.29, 1.82) is 5.26 Å². The Labute approximate surface area is 130 Å². The first-order chi connectivity index (χ1) is 10.4. The third-order valence-electron chi connectivity index (χ3n) is 3.39. The van der Waals surface area contributed by atoms with Gasteiger partial charge in [0.25, 0.3) is 6.01 Å². The van der Waals surface area contributed by atoms with Crippen LogP contribution in [0.5, 0.6) is 0 Å². The molecule has 0 amide bonds. The van der Waals surface area contributed by atoms with Crippen LogP contribution in [0.1, 0.15) is 16.1 Å². The van der Waals surface area contributed by atoms with Crippen LogP contribution in [0.15, 0.2) is 9.80 Å². The zero-order chi connectivity index (χ0) is 16.0. The number of aryl methyl sites for hydroxylation is 1. The van der Waals surface area contributed by atoms with Crippen molar-refractivity contribution in [2.45, 2.75) is 13.8 Å². The van der Waals surface area contributed by atoms with Gasteiger partial charge in [0.15, 0.2) is 11.4 Å². The van der Waals surface area contributed by atoms with Crippen molar-refractivity contribution in [3.8, 4) is 17.3 Å². The summed E-state index contributed by atoms with van der Waals surface area (Å²) in [5.74, 6) is -0.530. The molecule has 112 valence electrons. The predicted molar refractivity (Wildman–Crippen MR) is 83.6 cm³/mol. The molecular weight excluding hydrogens is 303 g/mol. The average molecular weight is 316 g/mol. The van der Waals surface area contributed by atoms with Crippen molar-refractivity contribution in [2.24, 2.45) is 0 Å². The standard InChI is InChI=1S/C15H13FN4OS/c1-7-9(5-17)13-14(21-15(19-13)20(3)4)12(16)11(7)10-6-22-8(2)18-10/h6H,1-4H3. The van der Waals surface area contributed by atoms with Gasteiger partial charge in [0, 0.05) is 25.0 Å². The van der Waals surface area contributed by atoms with Gasteiger partial charge < -0.3 is 9.32 Å². The maximum Gasteiger partial charge on any atom is 0.297 e. The molecule has 0 radical (unpaired) electrons. The Hall–Kier alpha value is -2.46. The number of fused-ring (bicyclic) bond motifs is 1. The molecule has 3 rings (SSSR count). The van der Waals surface area contributed by atoms with Gasteiger partial charge in [-0.05, 0) is 19.4 Å². The maximum absolute atomic E-state index is 14.9. The van der Waals surface area contributed by atoms with Gasteiger partial charge in [0.2, 0.25) is 0 Å². The highest BCUT2D eigenvalue weighted by Crippen LogP contribution is 2.37. The molecule has 0 aliphatic carbocycles. The highest BCUT2D eigenvalue weighted by molar-refractivity contribution is 7.09. The van der Waals surface area contributed by atoms with Crippen LogP contribution in [0.4, 0.5) is 10.4 Å². The van der Waals surface area contributed by atoms with E-state index in [-0.39, 0.29) is 17.1 Å². The van der Waals surface area contributed by atoms with Crippen LogP contribution in [0.2, 0.25) is 0 Å². The average Bonchev–Trinajstić information content (AvgIpc) is 3.06. The third-order valence-corrected chi connectivity index (χ3v) is 4.16. The van der Waals surface area contributed by atoms with E-state index in [1.165, 1.54) is 11.3 Å². The molecule has 0 aliphatic heterocycles. The van der Waals surface area contributed by atoms with E-state index in [4.69, 9.17) is 4.42 Å². The molecule has 2 heterocycles. The van der Waals surface area contributed by atoms with E-state index in [1.807, 2.05) is 6.92 Å². The lowest BCUT2D eigenvalue weighted by Gasteiger charge is -2.07. The summed E-state index contributed by atoms with van der Waals surface area (Å²) in [5.41, 5.74) is 1.89. The van der Waals surface area contributed by atoms with Crippen molar-refractivity contribution in [3.05, 3.63) is 27.3 Å². The van der Waals surface area contributed by atoms with Crippen LogP contribution in [-0.2, 0) is 0 Å². The number of aromatic nitrogens is 2. The van der Waals surface area contributed by atoms with Crippen molar-refractivity contribution in [1.82, 2.24) is 9.97 Å². The lowest BCUT2D eigenvalue weighted by molar-refractivity contribution is 0.554. The van der Waals surface area contributed by atoms with Crippen molar-refractivity contribution >= 4 is 28.5 Å². The fourth-order valence-electron chi connectivity index (χ4n) is 2.32. The van der Waals surface area contributed by atoms with E-state index >= 15 is 0 Å². The van der Waals surface area contributed by atoms with E-state index < -0.39 is 5.82 Å². The summed E-state index contributed by atoms with van der Waals surface area (Å²) >= 11 is 1.43. The zero-order valence-electron chi connectivity index (χ0n) is 12.6. The van der Waals surface area contributed by atoms with Crippen LogP contribution in [0.25, 0.3) is 22.4 Å². The number of hydrogen-bond acceptors (Lipinski definition) is 6. The highest BCUT2D eigenvalue weighted by atomic mass is 32.1. The summed E-state index contributed by atoms with van der Waals surface area (Å²) < 4.78 is 20.4. The van der Waals surface area contributed by atoms with E-state index in [0.29, 0.717) is 22.4 Å². The van der Waals surface area contributed by atoms with Gasteiger partial charge in [-0.2, -0.15) is 10.2 Å². The van der Waals surface area contributed by atoms with E-state index in [9.17, 15) is 9.65 Å². The topological polar surface area (TPSA) is 66.0 Å². The number of thiazole rings is 1. The molecular formula is C15H13FN4OS. The van der Waals surface area contributed by atoms with E-state index in [2.05, 4.69) is 16.0 Å². The number of anilines is 1. The molecule has 0 N–H and O–H groups in total. The molecule has 7 heteroatoms. The fraction of sp³-hybridized carbons (Fsp3) is 0.267. The molecule has 2 aromatic heterocycles. The molecule has 0 aliphatic rings. The minimum atomic E-state index is -0.530. The minimum absolute atomic E-state index is 0.00787. The first-order valence-electron chi connectivity index (χ1n) is 6.56. The summed E-state index contributed by atoms with van der Waals surface area (Å²) in [6.45, 7) is 3.55. The lowest BCUT2D eigenvalue weighted by Crippen LogP contribution is -2.08. The second-order valence-corrected chi connectivity index (χ2v) is 6.18. The Kier molecular flexibility index (Phi) is 3.34. The van der Waals surface area contributed by atoms with E-state index in [1.54, 1.807) is 31.3 Å². The van der Waals surface area contributed by atoms with Crippen LogP contribution in [-0.4, -0.2) is 24.1 Å². The molecule has 0 saturated heterocycles. The molecule has 0 atom stereocenters. The Morgan fingerprint density at radius 2 is 2.05 bits per heavy atom. The van der Waals surface area contributed by atoms with Crippen LogP contribution >= 0.6 is 11.3 Å². The van der Waals surface area contributed by atoms with Gasteiger partial charge in [-0.1, -0.05) is 0 Å². The normalized spacial score (nSPS) is 10.9.